The van der Waals surface area contributed by atoms with Gasteiger partial charge in [0, 0.05) is 34.0 Å². The van der Waals surface area contributed by atoms with E-state index in [-0.39, 0.29) is 23.3 Å². The highest BCUT2D eigenvalue weighted by Crippen LogP contribution is 2.22. The highest BCUT2D eigenvalue weighted by Gasteiger charge is 2.10. The van der Waals surface area contributed by atoms with E-state index in [0.717, 1.165) is 23.5 Å². The van der Waals surface area contributed by atoms with Crippen LogP contribution in [-0.2, 0) is 4.79 Å². The molecule has 3 rings (SSSR count). The van der Waals surface area contributed by atoms with Crippen LogP contribution in [0.4, 0.5) is 17.1 Å². The number of carbonyl (C=O) groups excluding carboxylic acids is 2. The molecule has 0 fully saturated rings. The standard InChI is InChI=1S/C25H25N3O5S/c1-2-3-16-33-22-12-6-19(7-13-22)26-24(29)17-34-23-14-8-20(9-15-23)27-25(30)18-4-10-21(11-5-18)28(31)32/h4-15H,2-3,16-17H2,1H3,(H,26,29)(H,27,30). The van der Waals surface area contributed by atoms with E-state index in [9.17, 15) is 19.7 Å². The van der Waals surface area contributed by atoms with E-state index >= 15 is 0 Å². The van der Waals surface area contributed by atoms with E-state index in [1.807, 2.05) is 36.4 Å². The molecule has 176 valence electrons. The van der Waals surface area contributed by atoms with Crippen molar-refractivity contribution in [3.05, 3.63) is 88.5 Å². The number of carbonyl (C=O) groups is 2. The first-order valence-electron chi connectivity index (χ1n) is 10.8. The lowest BCUT2D eigenvalue weighted by Gasteiger charge is -2.09. The minimum Gasteiger partial charge on any atom is -0.494 e. The van der Waals surface area contributed by atoms with E-state index in [0.29, 0.717) is 23.5 Å². The summed E-state index contributed by atoms with van der Waals surface area (Å²) in [5.41, 5.74) is 1.54. The van der Waals surface area contributed by atoms with Crippen LogP contribution in [0.15, 0.2) is 77.7 Å². The number of anilines is 2. The second-order valence-corrected chi connectivity index (χ2v) is 8.39. The number of nitro benzene ring substituents is 1. The normalized spacial score (nSPS) is 10.4. The molecule has 2 amide bonds. The lowest BCUT2D eigenvalue weighted by atomic mass is 10.2. The van der Waals surface area contributed by atoms with Gasteiger partial charge in [-0.2, -0.15) is 0 Å². The van der Waals surface area contributed by atoms with Crippen LogP contribution in [0, 0.1) is 10.1 Å². The van der Waals surface area contributed by atoms with Gasteiger partial charge in [0.2, 0.25) is 5.91 Å². The van der Waals surface area contributed by atoms with Crippen LogP contribution in [0.1, 0.15) is 30.1 Å². The van der Waals surface area contributed by atoms with Gasteiger partial charge in [0.05, 0.1) is 17.3 Å². The summed E-state index contributed by atoms with van der Waals surface area (Å²) in [4.78, 5) is 35.6. The molecular formula is C25H25N3O5S. The molecule has 0 saturated carbocycles. The maximum Gasteiger partial charge on any atom is 0.269 e. The van der Waals surface area contributed by atoms with Gasteiger partial charge < -0.3 is 15.4 Å². The molecule has 0 saturated heterocycles. The van der Waals surface area contributed by atoms with Crippen molar-refractivity contribution in [3.8, 4) is 5.75 Å². The monoisotopic (exact) mass is 479 g/mol. The molecule has 0 spiro atoms. The number of nitrogens with zero attached hydrogens (tertiary/aromatic N) is 1. The topological polar surface area (TPSA) is 111 Å². The fraction of sp³-hybridized carbons (Fsp3) is 0.200. The van der Waals surface area contributed by atoms with Crippen molar-refractivity contribution in [1.29, 1.82) is 0 Å². The summed E-state index contributed by atoms with van der Waals surface area (Å²) in [5, 5.41) is 16.3. The van der Waals surface area contributed by atoms with Crippen molar-refractivity contribution in [3.63, 3.8) is 0 Å². The average molecular weight is 480 g/mol. The molecule has 0 aliphatic heterocycles. The van der Waals surface area contributed by atoms with Gasteiger partial charge >= 0.3 is 0 Å². The third-order valence-electron chi connectivity index (χ3n) is 4.73. The zero-order chi connectivity index (χ0) is 24.3. The van der Waals surface area contributed by atoms with Gasteiger partial charge in [-0.05, 0) is 67.1 Å². The molecule has 0 heterocycles. The molecule has 0 aromatic heterocycles. The number of non-ortho nitro benzene ring substituents is 1. The Morgan fingerprint density at radius 2 is 1.53 bits per heavy atom. The predicted octanol–water partition coefficient (Wildman–Crippen LogP) is 5.76. The molecular weight excluding hydrogens is 454 g/mol. The highest BCUT2D eigenvalue weighted by molar-refractivity contribution is 8.00. The summed E-state index contributed by atoms with van der Waals surface area (Å²) in [5.74, 6) is 0.529. The van der Waals surface area contributed by atoms with Gasteiger partial charge in [-0.1, -0.05) is 13.3 Å². The highest BCUT2D eigenvalue weighted by atomic mass is 32.2. The fourth-order valence-electron chi connectivity index (χ4n) is 2.89. The molecule has 2 N–H and O–H groups in total. The molecule has 0 unspecified atom stereocenters. The molecule has 0 radical (unpaired) electrons. The molecule has 9 heteroatoms. The van der Waals surface area contributed by atoms with E-state index in [2.05, 4.69) is 17.6 Å². The largest absolute Gasteiger partial charge is 0.494 e. The molecule has 0 atom stereocenters. The zero-order valence-corrected chi connectivity index (χ0v) is 19.5. The molecule has 0 aliphatic rings. The summed E-state index contributed by atoms with van der Waals surface area (Å²) < 4.78 is 5.62. The van der Waals surface area contributed by atoms with Gasteiger partial charge in [0.15, 0.2) is 0 Å². The second kappa shape index (κ2) is 12.4. The van der Waals surface area contributed by atoms with Crippen molar-refractivity contribution in [2.45, 2.75) is 24.7 Å². The van der Waals surface area contributed by atoms with E-state index in [1.54, 1.807) is 12.1 Å². The minimum atomic E-state index is -0.515. The lowest BCUT2D eigenvalue weighted by molar-refractivity contribution is -0.384. The Morgan fingerprint density at radius 1 is 0.912 bits per heavy atom. The predicted molar refractivity (Wildman–Crippen MR) is 134 cm³/mol. The summed E-state index contributed by atoms with van der Waals surface area (Å²) in [6, 6.07) is 19.8. The second-order valence-electron chi connectivity index (χ2n) is 7.35. The number of hydrogen-bond acceptors (Lipinski definition) is 6. The van der Waals surface area contributed by atoms with Gasteiger partial charge in [0.25, 0.3) is 11.6 Å². The Labute approximate surface area is 201 Å². The Kier molecular flexibility index (Phi) is 9.04. The number of hydrogen-bond donors (Lipinski definition) is 2. The maximum absolute atomic E-state index is 12.3. The Bertz CT molecular complexity index is 1120. The smallest absolute Gasteiger partial charge is 0.269 e. The molecule has 8 nitrogen and oxygen atoms in total. The van der Waals surface area contributed by atoms with Gasteiger partial charge in [0.1, 0.15) is 5.75 Å². The number of nitro groups is 1. The van der Waals surface area contributed by atoms with Crippen molar-refractivity contribution in [2.75, 3.05) is 23.0 Å². The Hall–Kier alpha value is -3.85. The molecule has 0 bridgehead atoms. The number of benzene rings is 3. The van der Waals surface area contributed by atoms with Crippen LogP contribution in [0.2, 0.25) is 0 Å². The van der Waals surface area contributed by atoms with Crippen LogP contribution in [-0.4, -0.2) is 29.1 Å². The molecule has 34 heavy (non-hydrogen) atoms. The average Bonchev–Trinajstić information content (AvgIpc) is 2.85. The van der Waals surface area contributed by atoms with Gasteiger partial charge in [-0.3, -0.25) is 19.7 Å². The van der Waals surface area contributed by atoms with Crippen LogP contribution in [0.25, 0.3) is 0 Å². The number of unbranched alkanes of at least 4 members (excludes halogenated alkanes) is 1. The maximum atomic E-state index is 12.3. The number of thioether (sulfide) groups is 1. The molecule has 3 aromatic carbocycles. The number of ether oxygens (including phenoxy) is 1. The third-order valence-corrected chi connectivity index (χ3v) is 5.74. The third kappa shape index (κ3) is 7.63. The lowest BCUT2D eigenvalue weighted by Crippen LogP contribution is -2.14. The van der Waals surface area contributed by atoms with Crippen molar-refractivity contribution in [1.82, 2.24) is 0 Å². The Balaban J connectivity index is 1.44. The van der Waals surface area contributed by atoms with Crippen molar-refractivity contribution >= 4 is 40.6 Å². The number of rotatable bonds is 11. The SMILES string of the molecule is CCCCOc1ccc(NC(=O)CSc2ccc(NC(=O)c3ccc([N+](=O)[O-])cc3)cc2)cc1. The van der Waals surface area contributed by atoms with E-state index in [4.69, 9.17) is 4.74 Å². The van der Waals surface area contributed by atoms with Crippen LogP contribution in [0.3, 0.4) is 0 Å². The van der Waals surface area contributed by atoms with Gasteiger partial charge in [-0.15, -0.1) is 11.8 Å². The van der Waals surface area contributed by atoms with Crippen LogP contribution >= 0.6 is 11.8 Å². The van der Waals surface area contributed by atoms with Crippen LogP contribution < -0.4 is 15.4 Å². The first-order chi connectivity index (χ1) is 16.4. The summed E-state index contributed by atoms with van der Waals surface area (Å²) in [6.07, 6.45) is 2.08. The van der Waals surface area contributed by atoms with Crippen molar-refractivity contribution in [2.24, 2.45) is 0 Å². The first-order valence-corrected chi connectivity index (χ1v) is 11.7. The summed E-state index contributed by atoms with van der Waals surface area (Å²) >= 11 is 1.38. The number of amides is 2. The molecule has 3 aromatic rings. The minimum absolute atomic E-state index is 0.0737. The van der Waals surface area contributed by atoms with E-state index in [1.165, 1.54) is 36.0 Å². The summed E-state index contributed by atoms with van der Waals surface area (Å²) in [7, 11) is 0. The van der Waals surface area contributed by atoms with Gasteiger partial charge in [-0.25, -0.2) is 0 Å². The van der Waals surface area contributed by atoms with E-state index < -0.39 is 4.92 Å². The number of nitrogens with one attached hydrogen (secondary N) is 2. The summed E-state index contributed by atoms with van der Waals surface area (Å²) in [6.45, 7) is 2.79. The molecule has 0 aliphatic carbocycles. The fourth-order valence-corrected chi connectivity index (χ4v) is 3.59. The Morgan fingerprint density at radius 3 is 2.15 bits per heavy atom. The van der Waals surface area contributed by atoms with Crippen LogP contribution in [0.5, 0.6) is 5.75 Å². The quantitative estimate of drug-likeness (QED) is 0.157. The van der Waals surface area contributed by atoms with Crippen molar-refractivity contribution < 1.29 is 19.2 Å². The first kappa shape index (κ1) is 24.8. The zero-order valence-electron chi connectivity index (χ0n) is 18.7.